The van der Waals surface area contributed by atoms with Crippen LogP contribution in [0.3, 0.4) is 0 Å². The molecule has 0 saturated carbocycles. The van der Waals surface area contributed by atoms with E-state index in [0.29, 0.717) is 17.4 Å². The van der Waals surface area contributed by atoms with Gasteiger partial charge in [0.05, 0.1) is 12.2 Å². The maximum absolute atomic E-state index is 11.6. The summed E-state index contributed by atoms with van der Waals surface area (Å²) in [4.78, 5) is 18.2. The van der Waals surface area contributed by atoms with Gasteiger partial charge >= 0.3 is 5.97 Å². The molecular weight excluding hydrogens is 260 g/mol. The topological polar surface area (TPSA) is 42.4 Å². The summed E-state index contributed by atoms with van der Waals surface area (Å²) in [6, 6.07) is 3.71. The first kappa shape index (κ1) is 14.2. The van der Waals surface area contributed by atoms with E-state index in [0.717, 1.165) is 24.7 Å². The molecule has 1 unspecified atom stereocenters. The van der Waals surface area contributed by atoms with Crippen molar-refractivity contribution in [2.75, 3.05) is 30.3 Å². The lowest BCUT2D eigenvalue weighted by Crippen LogP contribution is -2.38. The number of nitrogens with zero attached hydrogens (tertiary/aromatic N) is 2. The summed E-state index contributed by atoms with van der Waals surface area (Å²) in [7, 11) is 0. The first-order valence-corrected chi connectivity index (χ1v) is 7.79. The van der Waals surface area contributed by atoms with Crippen molar-refractivity contribution in [3.63, 3.8) is 0 Å². The van der Waals surface area contributed by atoms with E-state index in [-0.39, 0.29) is 5.97 Å². The summed E-state index contributed by atoms with van der Waals surface area (Å²) in [6.45, 7) is 6.47. The van der Waals surface area contributed by atoms with Crippen LogP contribution >= 0.6 is 11.8 Å². The number of aromatic nitrogens is 1. The van der Waals surface area contributed by atoms with Gasteiger partial charge in [0.1, 0.15) is 5.82 Å². The van der Waals surface area contributed by atoms with Gasteiger partial charge in [-0.15, -0.1) is 0 Å². The summed E-state index contributed by atoms with van der Waals surface area (Å²) in [5, 5.41) is 0.681. The molecule has 0 N–H and O–H groups in total. The highest BCUT2D eigenvalue weighted by Crippen LogP contribution is 2.24. The van der Waals surface area contributed by atoms with Gasteiger partial charge in [0.2, 0.25) is 0 Å². The van der Waals surface area contributed by atoms with Crippen LogP contribution in [0.25, 0.3) is 0 Å². The molecule has 104 valence electrons. The number of rotatable bonds is 4. The number of pyridine rings is 1. The van der Waals surface area contributed by atoms with E-state index in [9.17, 15) is 4.79 Å². The second kappa shape index (κ2) is 6.80. The van der Waals surface area contributed by atoms with Crippen molar-refractivity contribution in [3.05, 3.63) is 23.9 Å². The smallest absolute Gasteiger partial charge is 0.339 e. The average molecular weight is 280 g/mol. The highest BCUT2D eigenvalue weighted by molar-refractivity contribution is 8.00. The van der Waals surface area contributed by atoms with E-state index < -0.39 is 0 Å². The molecule has 1 fully saturated rings. The van der Waals surface area contributed by atoms with E-state index in [4.69, 9.17) is 4.74 Å². The normalized spacial score (nSPS) is 19.3. The number of thioether (sulfide) groups is 1. The van der Waals surface area contributed by atoms with Crippen LogP contribution in [0.15, 0.2) is 18.3 Å². The quantitative estimate of drug-likeness (QED) is 0.793. The molecule has 2 rings (SSSR count). The largest absolute Gasteiger partial charge is 0.462 e. The van der Waals surface area contributed by atoms with Crippen molar-refractivity contribution in [3.8, 4) is 0 Å². The third-order valence-electron chi connectivity index (χ3n) is 3.18. The van der Waals surface area contributed by atoms with E-state index in [2.05, 4.69) is 16.8 Å². The maximum Gasteiger partial charge on any atom is 0.339 e. The number of hydrogen-bond acceptors (Lipinski definition) is 5. The van der Waals surface area contributed by atoms with E-state index in [1.165, 1.54) is 6.42 Å². The van der Waals surface area contributed by atoms with Crippen molar-refractivity contribution in [2.45, 2.75) is 25.5 Å². The van der Waals surface area contributed by atoms with Gasteiger partial charge < -0.3 is 9.64 Å². The van der Waals surface area contributed by atoms with Gasteiger partial charge in [-0.1, -0.05) is 6.92 Å². The molecule has 1 saturated heterocycles. The number of carbonyl (C=O) groups is 1. The standard InChI is InChI=1S/C14H20N2O2S/c1-3-12-10-16(7-8-19-12)13-6-5-11(9-15-13)14(17)18-4-2/h5-6,9,12H,3-4,7-8,10H2,1-2H3. The molecule has 19 heavy (non-hydrogen) atoms. The van der Waals surface area contributed by atoms with E-state index in [1.54, 1.807) is 19.2 Å². The van der Waals surface area contributed by atoms with Crippen LogP contribution in [0.1, 0.15) is 30.6 Å². The second-order valence-corrected chi connectivity index (χ2v) is 5.88. The molecule has 2 heterocycles. The predicted molar refractivity (Wildman–Crippen MR) is 78.9 cm³/mol. The molecule has 0 bridgehead atoms. The van der Waals surface area contributed by atoms with Crippen molar-refractivity contribution >= 4 is 23.5 Å². The van der Waals surface area contributed by atoms with Crippen LogP contribution in [-0.4, -0.2) is 41.7 Å². The maximum atomic E-state index is 11.6. The first-order chi connectivity index (χ1) is 9.24. The number of ether oxygens (including phenoxy) is 1. The van der Waals surface area contributed by atoms with Gasteiger partial charge in [-0.3, -0.25) is 0 Å². The highest BCUT2D eigenvalue weighted by atomic mass is 32.2. The predicted octanol–water partition coefficient (Wildman–Crippen LogP) is 2.59. The fourth-order valence-electron chi connectivity index (χ4n) is 2.08. The molecule has 1 aliphatic rings. The molecule has 5 heteroatoms. The Morgan fingerprint density at radius 1 is 1.53 bits per heavy atom. The molecule has 0 spiro atoms. The monoisotopic (exact) mass is 280 g/mol. The second-order valence-electron chi connectivity index (χ2n) is 4.47. The SMILES string of the molecule is CCOC(=O)c1ccc(N2CCSC(CC)C2)nc1. The molecule has 0 amide bonds. The molecule has 0 aromatic carbocycles. The molecule has 0 radical (unpaired) electrons. The molecule has 0 aliphatic carbocycles. The Balaban J connectivity index is 2.03. The Kier molecular flexibility index (Phi) is 5.07. The number of esters is 1. The number of carbonyl (C=O) groups excluding carboxylic acids is 1. The zero-order valence-corrected chi connectivity index (χ0v) is 12.3. The molecule has 1 aromatic heterocycles. The lowest BCUT2D eigenvalue weighted by atomic mass is 10.2. The van der Waals surface area contributed by atoms with Crippen molar-refractivity contribution in [1.29, 1.82) is 0 Å². The Morgan fingerprint density at radius 2 is 2.37 bits per heavy atom. The third kappa shape index (κ3) is 3.62. The average Bonchev–Trinajstić information content (AvgIpc) is 2.48. The highest BCUT2D eigenvalue weighted by Gasteiger charge is 2.20. The van der Waals surface area contributed by atoms with Crippen LogP contribution in [0.2, 0.25) is 0 Å². The summed E-state index contributed by atoms with van der Waals surface area (Å²) >= 11 is 2.03. The van der Waals surface area contributed by atoms with Gasteiger partial charge in [-0.05, 0) is 25.5 Å². The Hall–Kier alpha value is -1.23. The molecule has 4 nitrogen and oxygen atoms in total. The Bertz CT molecular complexity index is 422. The summed E-state index contributed by atoms with van der Waals surface area (Å²) < 4.78 is 4.95. The van der Waals surface area contributed by atoms with Crippen LogP contribution in [-0.2, 0) is 4.74 Å². The van der Waals surface area contributed by atoms with Gasteiger partial charge in [0.25, 0.3) is 0 Å². The van der Waals surface area contributed by atoms with Crippen LogP contribution in [0, 0.1) is 0 Å². The zero-order valence-electron chi connectivity index (χ0n) is 11.5. The van der Waals surface area contributed by atoms with Crippen LogP contribution in [0.5, 0.6) is 0 Å². The molecule has 1 aromatic rings. The third-order valence-corrected chi connectivity index (χ3v) is 4.55. The van der Waals surface area contributed by atoms with Crippen molar-refractivity contribution in [2.24, 2.45) is 0 Å². The fourth-order valence-corrected chi connectivity index (χ4v) is 3.26. The zero-order chi connectivity index (χ0) is 13.7. The number of anilines is 1. The lowest BCUT2D eigenvalue weighted by Gasteiger charge is -2.32. The van der Waals surface area contributed by atoms with Gasteiger partial charge in [-0.25, -0.2) is 9.78 Å². The minimum atomic E-state index is -0.304. The summed E-state index contributed by atoms with van der Waals surface area (Å²) in [6.07, 6.45) is 2.79. The van der Waals surface area contributed by atoms with Gasteiger partial charge in [0, 0.05) is 30.3 Å². The minimum absolute atomic E-state index is 0.304. The summed E-state index contributed by atoms with van der Waals surface area (Å²) in [5.41, 5.74) is 0.518. The lowest BCUT2D eigenvalue weighted by molar-refractivity contribution is 0.0526. The first-order valence-electron chi connectivity index (χ1n) is 6.74. The van der Waals surface area contributed by atoms with Crippen LogP contribution in [0.4, 0.5) is 5.82 Å². The van der Waals surface area contributed by atoms with Crippen LogP contribution < -0.4 is 4.90 Å². The Morgan fingerprint density at radius 3 is 3.00 bits per heavy atom. The van der Waals surface area contributed by atoms with Crippen molar-refractivity contribution in [1.82, 2.24) is 4.98 Å². The molecule has 1 atom stereocenters. The molecule has 1 aliphatic heterocycles. The van der Waals surface area contributed by atoms with Gasteiger partial charge in [0.15, 0.2) is 0 Å². The molecular formula is C14H20N2O2S. The number of hydrogen-bond donors (Lipinski definition) is 0. The van der Waals surface area contributed by atoms with E-state index >= 15 is 0 Å². The van der Waals surface area contributed by atoms with E-state index in [1.807, 2.05) is 17.8 Å². The fraction of sp³-hybridized carbons (Fsp3) is 0.571. The van der Waals surface area contributed by atoms with Gasteiger partial charge in [-0.2, -0.15) is 11.8 Å². The van der Waals surface area contributed by atoms with Crippen molar-refractivity contribution < 1.29 is 9.53 Å². The summed E-state index contributed by atoms with van der Waals surface area (Å²) in [5.74, 6) is 1.79. The Labute approximate surface area is 118 Å². The minimum Gasteiger partial charge on any atom is -0.462 e.